The summed E-state index contributed by atoms with van der Waals surface area (Å²) in [4.78, 5) is 12.6. The fourth-order valence-corrected chi connectivity index (χ4v) is 5.19. The number of hydrogen-bond acceptors (Lipinski definition) is 5. The van der Waals surface area contributed by atoms with E-state index in [4.69, 9.17) is 4.74 Å². The molecule has 1 saturated heterocycles. The molecule has 1 N–H and O–H groups in total. The van der Waals surface area contributed by atoms with Crippen LogP contribution >= 0.6 is 11.3 Å². The number of thiophene rings is 1. The SMILES string of the molecule is O=C(NCC#Cc1ccccc1)c1sccc1S(=O)(=O)N1CCOCC1. The highest BCUT2D eigenvalue weighted by Crippen LogP contribution is 2.25. The number of rotatable bonds is 4. The normalized spacial score (nSPS) is 15.1. The van der Waals surface area contributed by atoms with E-state index in [2.05, 4.69) is 17.2 Å². The van der Waals surface area contributed by atoms with Gasteiger partial charge in [-0.05, 0) is 23.6 Å². The lowest BCUT2D eigenvalue weighted by Gasteiger charge is -2.25. The zero-order valence-corrected chi connectivity index (χ0v) is 15.6. The number of carbonyl (C=O) groups is 1. The van der Waals surface area contributed by atoms with E-state index in [1.165, 1.54) is 10.4 Å². The van der Waals surface area contributed by atoms with Gasteiger partial charge in [0.15, 0.2) is 0 Å². The molecular formula is C18H18N2O4S2. The van der Waals surface area contributed by atoms with E-state index in [-0.39, 0.29) is 16.3 Å². The Bertz CT molecular complexity index is 921. The third-order valence-electron chi connectivity index (χ3n) is 3.77. The van der Waals surface area contributed by atoms with Gasteiger partial charge in [0.2, 0.25) is 10.0 Å². The fraction of sp³-hybridized carbons (Fsp3) is 0.278. The topological polar surface area (TPSA) is 75.7 Å². The van der Waals surface area contributed by atoms with Crippen molar-refractivity contribution in [1.29, 1.82) is 0 Å². The highest BCUT2D eigenvalue weighted by Gasteiger charge is 2.31. The van der Waals surface area contributed by atoms with Gasteiger partial charge in [-0.15, -0.1) is 11.3 Å². The van der Waals surface area contributed by atoms with Crippen molar-refractivity contribution in [2.45, 2.75) is 4.90 Å². The first-order valence-electron chi connectivity index (χ1n) is 8.06. The van der Waals surface area contributed by atoms with Gasteiger partial charge in [0.25, 0.3) is 5.91 Å². The highest BCUT2D eigenvalue weighted by atomic mass is 32.2. The quantitative estimate of drug-likeness (QED) is 0.804. The first-order chi connectivity index (χ1) is 12.6. The first-order valence-corrected chi connectivity index (χ1v) is 10.4. The Morgan fingerprint density at radius 2 is 1.92 bits per heavy atom. The summed E-state index contributed by atoms with van der Waals surface area (Å²) in [6, 6.07) is 10.9. The Morgan fingerprint density at radius 3 is 2.65 bits per heavy atom. The molecule has 0 atom stereocenters. The van der Waals surface area contributed by atoms with Crippen molar-refractivity contribution in [3.63, 3.8) is 0 Å². The molecule has 3 rings (SSSR count). The Labute approximate surface area is 156 Å². The zero-order valence-electron chi connectivity index (χ0n) is 14.0. The van der Waals surface area contributed by atoms with Crippen molar-refractivity contribution in [3.05, 3.63) is 52.2 Å². The molecule has 8 heteroatoms. The Kier molecular flexibility index (Phi) is 6.06. The van der Waals surface area contributed by atoms with E-state index in [1.54, 1.807) is 5.38 Å². The highest BCUT2D eigenvalue weighted by molar-refractivity contribution is 7.89. The Balaban J connectivity index is 1.68. The number of ether oxygens (including phenoxy) is 1. The molecule has 26 heavy (non-hydrogen) atoms. The fourth-order valence-electron chi connectivity index (χ4n) is 2.46. The molecule has 0 aliphatic carbocycles. The third kappa shape index (κ3) is 4.31. The molecule has 1 fully saturated rings. The molecule has 1 aliphatic heterocycles. The summed E-state index contributed by atoms with van der Waals surface area (Å²) in [6.07, 6.45) is 0. The maximum atomic E-state index is 12.8. The molecule has 1 amide bonds. The lowest BCUT2D eigenvalue weighted by atomic mass is 10.2. The van der Waals surface area contributed by atoms with E-state index >= 15 is 0 Å². The van der Waals surface area contributed by atoms with Crippen LogP contribution in [0, 0.1) is 11.8 Å². The first kappa shape index (κ1) is 18.6. The smallest absolute Gasteiger partial charge is 0.263 e. The van der Waals surface area contributed by atoms with E-state index in [0.29, 0.717) is 26.3 Å². The molecule has 6 nitrogen and oxygen atoms in total. The van der Waals surface area contributed by atoms with Gasteiger partial charge in [-0.25, -0.2) is 8.42 Å². The number of carbonyl (C=O) groups excluding carboxylic acids is 1. The second-order valence-corrected chi connectivity index (χ2v) is 8.30. The summed E-state index contributed by atoms with van der Waals surface area (Å²) in [7, 11) is -3.70. The summed E-state index contributed by atoms with van der Waals surface area (Å²) >= 11 is 1.11. The average Bonchev–Trinajstić information content (AvgIpc) is 3.17. The minimum atomic E-state index is -3.70. The molecule has 1 aliphatic rings. The van der Waals surface area contributed by atoms with Gasteiger partial charge in [0.05, 0.1) is 19.8 Å². The number of hydrogen-bond donors (Lipinski definition) is 1. The van der Waals surface area contributed by atoms with Crippen molar-refractivity contribution in [1.82, 2.24) is 9.62 Å². The van der Waals surface area contributed by atoms with Crippen LogP contribution < -0.4 is 5.32 Å². The molecule has 136 valence electrons. The van der Waals surface area contributed by atoms with Crippen LogP contribution in [0.25, 0.3) is 0 Å². The predicted octanol–water partition coefficient (Wildman–Crippen LogP) is 1.55. The van der Waals surface area contributed by atoms with Crippen molar-refractivity contribution < 1.29 is 17.9 Å². The van der Waals surface area contributed by atoms with Gasteiger partial charge in [-0.3, -0.25) is 4.79 Å². The van der Waals surface area contributed by atoms with E-state index in [1.807, 2.05) is 30.3 Å². The zero-order chi connectivity index (χ0) is 18.4. The van der Waals surface area contributed by atoms with Crippen molar-refractivity contribution in [2.24, 2.45) is 0 Å². The number of amides is 1. The molecule has 0 saturated carbocycles. The van der Waals surface area contributed by atoms with Gasteiger partial charge in [0, 0.05) is 18.7 Å². The summed E-state index contributed by atoms with van der Waals surface area (Å²) in [5.41, 5.74) is 0.855. The number of sulfonamides is 1. The molecule has 1 aromatic carbocycles. The van der Waals surface area contributed by atoms with E-state index in [9.17, 15) is 13.2 Å². The molecule has 2 aromatic rings. The van der Waals surface area contributed by atoms with Crippen molar-refractivity contribution >= 4 is 27.3 Å². The monoisotopic (exact) mass is 390 g/mol. The van der Waals surface area contributed by atoms with Gasteiger partial charge in [-0.1, -0.05) is 30.0 Å². The second kappa shape index (κ2) is 8.47. The molecule has 2 heterocycles. The van der Waals surface area contributed by atoms with Crippen molar-refractivity contribution in [3.8, 4) is 11.8 Å². The molecule has 0 spiro atoms. The predicted molar refractivity (Wildman–Crippen MR) is 99.6 cm³/mol. The van der Waals surface area contributed by atoms with Gasteiger partial charge in [-0.2, -0.15) is 4.31 Å². The minimum absolute atomic E-state index is 0.0397. The summed E-state index contributed by atoms with van der Waals surface area (Å²) in [5, 5.41) is 4.27. The number of nitrogens with zero attached hydrogens (tertiary/aromatic N) is 1. The Morgan fingerprint density at radius 1 is 1.19 bits per heavy atom. The number of nitrogens with one attached hydrogen (secondary N) is 1. The van der Waals surface area contributed by atoms with Gasteiger partial charge >= 0.3 is 0 Å². The molecule has 1 aromatic heterocycles. The summed E-state index contributed by atoms with van der Waals surface area (Å²) in [5.74, 6) is 5.37. The van der Waals surface area contributed by atoms with Crippen LogP contribution in [0.2, 0.25) is 0 Å². The number of morpholine rings is 1. The van der Waals surface area contributed by atoms with Gasteiger partial charge < -0.3 is 10.1 Å². The summed E-state index contributed by atoms with van der Waals surface area (Å²) < 4.78 is 32.1. The lowest BCUT2D eigenvalue weighted by molar-refractivity contribution is 0.0730. The molecule has 0 radical (unpaired) electrons. The largest absolute Gasteiger partial charge is 0.379 e. The third-order valence-corrected chi connectivity index (χ3v) is 6.75. The maximum Gasteiger partial charge on any atom is 0.263 e. The van der Waals surface area contributed by atoms with Crippen LogP contribution in [0.4, 0.5) is 0 Å². The Hall–Kier alpha value is -2.18. The van der Waals surface area contributed by atoms with Crippen LogP contribution in [-0.4, -0.2) is 51.5 Å². The van der Waals surface area contributed by atoms with Crippen molar-refractivity contribution in [2.75, 3.05) is 32.8 Å². The minimum Gasteiger partial charge on any atom is -0.379 e. The molecular weight excluding hydrogens is 372 g/mol. The van der Waals surface area contributed by atoms with Crippen LogP contribution in [0.3, 0.4) is 0 Å². The van der Waals surface area contributed by atoms with Crippen LogP contribution in [0.1, 0.15) is 15.2 Å². The standard InChI is InChI=1S/C18H18N2O4S2/c21-18(19-9-4-7-15-5-2-1-3-6-15)17-16(8-14-25-17)26(22,23)20-10-12-24-13-11-20/h1-3,5-6,8,14H,9-13H2,(H,19,21). The second-order valence-electron chi connectivity index (χ2n) is 5.48. The van der Waals surface area contributed by atoms with E-state index < -0.39 is 15.9 Å². The van der Waals surface area contributed by atoms with Crippen LogP contribution in [0.15, 0.2) is 46.7 Å². The maximum absolute atomic E-state index is 12.8. The lowest BCUT2D eigenvalue weighted by Crippen LogP contribution is -2.41. The number of benzene rings is 1. The van der Waals surface area contributed by atoms with Gasteiger partial charge in [0.1, 0.15) is 9.77 Å². The van der Waals surface area contributed by atoms with E-state index in [0.717, 1.165) is 16.9 Å². The molecule has 0 unspecified atom stereocenters. The van der Waals surface area contributed by atoms with Crippen LogP contribution in [-0.2, 0) is 14.8 Å². The molecule has 0 bridgehead atoms. The van der Waals surface area contributed by atoms with Crippen LogP contribution in [0.5, 0.6) is 0 Å². The summed E-state index contributed by atoms with van der Waals surface area (Å²) in [6.45, 7) is 1.45. The average molecular weight is 390 g/mol.